The second kappa shape index (κ2) is 6.98. The Bertz CT molecular complexity index is 626. The Morgan fingerprint density at radius 2 is 2.04 bits per heavy atom. The first-order valence-electron chi connectivity index (χ1n) is 8.26. The van der Waals surface area contributed by atoms with E-state index in [0.717, 1.165) is 44.6 Å². The van der Waals surface area contributed by atoms with Crippen molar-refractivity contribution in [2.75, 3.05) is 44.0 Å². The van der Waals surface area contributed by atoms with E-state index in [2.05, 4.69) is 4.90 Å². The van der Waals surface area contributed by atoms with Crippen molar-refractivity contribution < 1.29 is 19.1 Å². The molecule has 1 aromatic carbocycles. The van der Waals surface area contributed by atoms with Crippen molar-refractivity contribution in [2.45, 2.75) is 25.3 Å². The maximum absolute atomic E-state index is 11.9. The number of piperidine rings is 1. The summed E-state index contributed by atoms with van der Waals surface area (Å²) in [7, 11) is 1.35. The van der Waals surface area contributed by atoms with Crippen LogP contribution in [-0.4, -0.2) is 56.4 Å². The van der Waals surface area contributed by atoms with Crippen molar-refractivity contribution >= 4 is 23.4 Å². The molecular weight excluding hydrogens is 310 g/mol. The summed E-state index contributed by atoms with van der Waals surface area (Å²) in [5, 5.41) is 0. The predicted molar refractivity (Wildman–Crippen MR) is 90.1 cm³/mol. The van der Waals surface area contributed by atoms with Crippen LogP contribution < -0.4 is 10.6 Å². The van der Waals surface area contributed by atoms with Gasteiger partial charge in [0, 0.05) is 25.7 Å². The number of nitrogens with two attached hydrogens (primary N) is 1. The highest BCUT2D eigenvalue weighted by molar-refractivity contribution is 5.92. The number of hydrogen-bond acceptors (Lipinski definition) is 6. The average Bonchev–Trinajstić information content (AvgIpc) is 2.61. The van der Waals surface area contributed by atoms with Crippen LogP contribution in [0, 0.1) is 0 Å². The molecule has 0 saturated carbocycles. The second-order valence-electron chi connectivity index (χ2n) is 6.14. The lowest BCUT2D eigenvalue weighted by molar-refractivity contribution is 0.0499. The van der Waals surface area contributed by atoms with E-state index in [-0.39, 0.29) is 12.1 Å². The molecule has 7 heteroatoms. The number of hydrogen-bond donors (Lipinski definition) is 1. The molecule has 2 aliphatic rings. The first-order valence-corrected chi connectivity index (χ1v) is 8.26. The number of anilines is 2. The molecule has 2 aliphatic heterocycles. The number of carbonyl (C=O) groups is 2. The number of carbonyl (C=O) groups excluding carboxylic acids is 2. The third-order valence-electron chi connectivity index (χ3n) is 4.70. The summed E-state index contributed by atoms with van der Waals surface area (Å²) in [6, 6.07) is 5.46. The molecule has 0 radical (unpaired) electrons. The summed E-state index contributed by atoms with van der Waals surface area (Å²) >= 11 is 0. The zero-order chi connectivity index (χ0) is 17.1. The molecule has 0 bridgehead atoms. The van der Waals surface area contributed by atoms with Gasteiger partial charge in [0.05, 0.1) is 30.7 Å². The normalized spacial score (nSPS) is 19.1. The van der Waals surface area contributed by atoms with E-state index in [1.165, 1.54) is 7.11 Å². The van der Waals surface area contributed by atoms with Gasteiger partial charge in [-0.25, -0.2) is 9.59 Å². The first kappa shape index (κ1) is 16.4. The standard InChI is InChI=1S/C17H23N3O4/c1-23-16(21)12-3-4-15(14(18)11-12)19-8-5-13(6-9-19)20-7-2-10-24-17(20)22/h3-4,11,13H,2,5-10,18H2,1H3. The van der Waals surface area contributed by atoms with Gasteiger partial charge < -0.3 is 25.0 Å². The summed E-state index contributed by atoms with van der Waals surface area (Å²) in [5.41, 5.74) is 8.04. The zero-order valence-electron chi connectivity index (χ0n) is 13.9. The minimum atomic E-state index is -0.393. The molecule has 0 atom stereocenters. The summed E-state index contributed by atoms with van der Waals surface area (Å²) in [6.45, 7) is 2.93. The van der Waals surface area contributed by atoms with Gasteiger partial charge in [-0.1, -0.05) is 0 Å². The second-order valence-corrected chi connectivity index (χ2v) is 6.14. The molecule has 0 aromatic heterocycles. The van der Waals surface area contributed by atoms with Crippen LogP contribution in [0.4, 0.5) is 16.2 Å². The van der Waals surface area contributed by atoms with Gasteiger partial charge in [0.1, 0.15) is 0 Å². The van der Waals surface area contributed by atoms with Crippen molar-refractivity contribution in [3.8, 4) is 0 Å². The lowest BCUT2D eigenvalue weighted by atomic mass is 10.0. The molecule has 0 spiro atoms. The van der Waals surface area contributed by atoms with Crippen LogP contribution in [0.2, 0.25) is 0 Å². The fourth-order valence-electron chi connectivity index (χ4n) is 3.41. The van der Waals surface area contributed by atoms with E-state index in [0.29, 0.717) is 17.9 Å². The molecule has 3 rings (SSSR count). The molecule has 1 aromatic rings. The third kappa shape index (κ3) is 3.25. The van der Waals surface area contributed by atoms with Crippen LogP contribution in [0.25, 0.3) is 0 Å². The molecule has 0 aliphatic carbocycles. The van der Waals surface area contributed by atoms with Gasteiger partial charge in [-0.15, -0.1) is 0 Å². The topological polar surface area (TPSA) is 85.1 Å². The van der Waals surface area contributed by atoms with E-state index < -0.39 is 5.97 Å². The fourth-order valence-corrected chi connectivity index (χ4v) is 3.41. The predicted octanol–water partition coefficient (Wildman–Crippen LogP) is 1.87. The summed E-state index contributed by atoms with van der Waals surface area (Å²) in [4.78, 5) is 27.5. The summed E-state index contributed by atoms with van der Waals surface area (Å²) < 4.78 is 9.84. The van der Waals surface area contributed by atoms with Crippen molar-refractivity contribution in [1.29, 1.82) is 0 Å². The Kier molecular flexibility index (Phi) is 4.78. The quantitative estimate of drug-likeness (QED) is 0.671. The van der Waals surface area contributed by atoms with E-state index >= 15 is 0 Å². The highest BCUT2D eigenvalue weighted by atomic mass is 16.6. The minimum absolute atomic E-state index is 0.193. The number of nitrogens with zero attached hydrogens (tertiary/aromatic N) is 2. The maximum atomic E-state index is 11.9. The number of nitrogen functional groups attached to an aromatic ring is 1. The van der Waals surface area contributed by atoms with Crippen LogP contribution in [0.15, 0.2) is 18.2 Å². The smallest absolute Gasteiger partial charge is 0.410 e. The van der Waals surface area contributed by atoms with Crippen LogP contribution in [0.5, 0.6) is 0 Å². The van der Waals surface area contributed by atoms with E-state index in [1.807, 2.05) is 11.0 Å². The maximum Gasteiger partial charge on any atom is 0.410 e. The molecule has 130 valence electrons. The van der Waals surface area contributed by atoms with Crippen LogP contribution in [0.3, 0.4) is 0 Å². The first-order chi connectivity index (χ1) is 11.6. The van der Waals surface area contributed by atoms with Gasteiger partial charge in [0.15, 0.2) is 0 Å². The van der Waals surface area contributed by atoms with Crippen molar-refractivity contribution in [3.63, 3.8) is 0 Å². The minimum Gasteiger partial charge on any atom is -0.465 e. The van der Waals surface area contributed by atoms with Crippen molar-refractivity contribution in [3.05, 3.63) is 23.8 Å². The van der Waals surface area contributed by atoms with Gasteiger partial charge in [0.25, 0.3) is 0 Å². The number of esters is 1. The SMILES string of the molecule is COC(=O)c1ccc(N2CCC(N3CCCOC3=O)CC2)c(N)c1. The van der Waals surface area contributed by atoms with Crippen LogP contribution in [0.1, 0.15) is 29.6 Å². The molecular formula is C17H23N3O4. The number of amides is 1. The lowest BCUT2D eigenvalue weighted by Gasteiger charge is -2.40. The van der Waals surface area contributed by atoms with Gasteiger partial charge >= 0.3 is 12.1 Å². The summed E-state index contributed by atoms with van der Waals surface area (Å²) in [6.07, 6.45) is 2.47. The van der Waals surface area contributed by atoms with Crippen LogP contribution >= 0.6 is 0 Å². The highest BCUT2D eigenvalue weighted by Gasteiger charge is 2.31. The number of methoxy groups -OCH3 is 1. The van der Waals surface area contributed by atoms with E-state index in [1.54, 1.807) is 12.1 Å². The third-order valence-corrected chi connectivity index (χ3v) is 4.70. The van der Waals surface area contributed by atoms with E-state index in [4.69, 9.17) is 15.2 Å². The Morgan fingerprint density at radius 3 is 2.67 bits per heavy atom. The zero-order valence-corrected chi connectivity index (χ0v) is 13.9. The lowest BCUT2D eigenvalue weighted by Crippen LogP contribution is -2.50. The molecule has 2 N–H and O–H groups in total. The highest BCUT2D eigenvalue weighted by Crippen LogP contribution is 2.29. The Labute approximate surface area is 141 Å². The average molecular weight is 333 g/mol. The van der Waals surface area contributed by atoms with E-state index in [9.17, 15) is 9.59 Å². The molecule has 24 heavy (non-hydrogen) atoms. The number of ether oxygens (including phenoxy) is 2. The molecule has 2 heterocycles. The fraction of sp³-hybridized carbons (Fsp3) is 0.529. The van der Waals surface area contributed by atoms with Gasteiger partial charge in [-0.2, -0.15) is 0 Å². The Balaban J connectivity index is 1.64. The molecule has 7 nitrogen and oxygen atoms in total. The Hall–Kier alpha value is -2.44. The van der Waals surface area contributed by atoms with Gasteiger partial charge in [-0.05, 0) is 37.5 Å². The number of benzene rings is 1. The van der Waals surface area contributed by atoms with Crippen molar-refractivity contribution in [1.82, 2.24) is 4.90 Å². The number of rotatable bonds is 3. The molecule has 2 fully saturated rings. The molecule has 0 unspecified atom stereocenters. The van der Waals surface area contributed by atoms with Crippen molar-refractivity contribution in [2.24, 2.45) is 0 Å². The van der Waals surface area contributed by atoms with Gasteiger partial charge in [-0.3, -0.25) is 0 Å². The molecule has 1 amide bonds. The Morgan fingerprint density at radius 1 is 1.29 bits per heavy atom. The largest absolute Gasteiger partial charge is 0.465 e. The monoisotopic (exact) mass is 333 g/mol. The summed E-state index contributed by atoms with van der Waals surface area (Å²) in [5.74, 6) is -0.393. The molecule has 2 saturated heterocycles. The van der Waals surface area contributed by atoms with Gasteiger partial charge in [0.2, 0.25) is 0 Å². The van der Waals surface area contributed by atoms with Crippen LogP contribution in [-0.2, 0) is 9.47 Å². The number of cyclic esters (lactones) is 1.